The number of rotatable bonds is 5. The molecule has 8 heteroatoms. The summed E-state index contributed by atoms with van der Waals surface area (Å²) in [5, 5.41) is 10.2. The second kappa shape index (κ2) is 14.7. The Bertz CT molecular complexity index is 857. The molecule has 0 aromatic rings. The first-order valence-corrected chi connectivity index (χ1v) is 15.5. The SMILES string of the molecule is CC(C)CCC[C@@H](C)[C@H]1CC[C@H]2[C@@H]3CC=C4C[C@@H](O)CC[C@]4(C)[C@H]3CC[C@]12C.CC=O.O=S(=O)(O)O.[H-].[Na+]. The van der Waals surface area contributed by atoms with Crippen molar-refractivity contribution in [2.75, 3.05) is 0 Å². The number of aliphatic hydroxyl groups excluding tert-OH is 1. The summed E-state index contributed by atoms with van der Waals surface area (Å²) in [6.45, 7) is 14.0. The standard InChI is InChI=1S/C27H46O.C2H4O.Na.H2O4S.H/c1-18(2)7-6-8-19(3)23-11-12-24-22-10-9-20-17-21(28)13-15-26(20,4)25(22)14-16-27(23,24)5;1-2-3;;1-5(2,3)4;/h9,18-19,21-25,28H,6-8,10-17H2,1-5H3;2H,1H3;;(H2,1,2,3,4);/q;;+1;;-1/t19-,21+,22+,23-,24+,25+,26+,27-;;;;/m1..../s1. The molecule has 0 amide bonds. The summed E-state index contributed by atoms with van der Waals surface area (Å²) in [7, 11) is -4.67. The summed E-state index contributed by atoms with van der Waals surface area (Å²) >= 11 is 0. The molecule has 212 valence electrons. The third-order valence-corrected chi connectivity index (χ3v) is 10.3. The van der Waals surface area contributed by atoms with Gasteiger partial charge in [0.2, 0.25) is 0 Å². The number of hydrogen-bond donors (Lipinski definition) is 3. The molecule has 0 aromatic carbocycles. The number of aliphatic hydroxyl groups is 1. The van der Waals surface area contributed by atoms with Crippen LogP contribution < -0.4 is 29.6 Å². The summed E-state index contributed by atoms with van der Waals surface area (Å²) in [5.41, 5.74) is 2.60. The van der Waals surface area contributed by atoms with Crippen molar-refractivity contribution in [2.24, 2.45) is 46.3 Å². The number of carbonyl (C=O) groups is 1. The van der Waals surface area contributed by atoms with E-state index >= 15 is 0 Å². The van der Waals surface area contributed by atoms with Crippen LogP contribution in [0.1, 0.15) is 114 Å². The van der Waals surface area contributed by atoms with Crippen LogP contribution in [0.4, 0.5) is 0 Å². The molecule has 0 bridgehead atoms. The van der Waals surface area contributed by atoms with Gasteiger partial charge in [0, 0.05) is 0 Å². The van der Waals surface area contributed by atoms with E-state index in [9.17, 15) is 5.11 Å². The summed E-state index contributed by atoms with van der Waals surface area (Å²) in [6.07, 6.45) is 17.9. The Balaban J connectivity index is 0.00000121. The van der Waals surface area contributed by atoms with Crippen LogP contribution in [0, 0.1) is 46.3 Å². The van der Waals surface area contributed by atoms with E-state index in [1.54, 1.807) is 5.57 Å². The van der Waals surface area contributed by atoms with E-state index in [1.807, 2.05) is 0 Å². The van der Waals surface area contributed by atoms with Gasteiger partial charge in [-0.1, -0.05) is 65.5 Å². The maximum atomic E-state index is 10.2. The zero-order valence-electron chi connectivity index (χ0n) is 25.4. The van der Waals surface area contributed by atoms with E-state index in [1.165, 1.54) is 64.7 Å². The van der Waals surface area contributed by atoms with Gasteiger partial charge in [-0.3, -0.25) is 9.11 Å². The fraction of sp³-hybridized carbons (Fsp3) is 0.897. The maximum Gasteiger partial charge on any atom is 1.00 e. The Hall–Kier alpha value is 0.240. The van der Waals surface area contributed by atoms with Crippen molar-refractivity contribution in [1.29, 1.82) is 0 Å². The molecule has 0 aliphatic heterocycles. The number of hydrogen-bond acceptors (Lipinski definition) is 4. The minimum Gasteiger partial charge on any atom is -1.00 e. The van der Waals surface area contributed by atoms with E-state index in [4.69, 9.17) is 22.3 Å². The van der Waals surface area contributed by atoms with E-state index < -0.39 is 10.4 Å². The second-order valence-corrected chi connectivity index (χ2v) is 13.8. The van der Waals surface area contributed by atoms with Crippen LogP contribution in [0.5, 0.6) is 0 Å². The Labute approximate surface area is 250 Å². The molecule has 0 unspecified atom stereocenters. The molecule has 37 heavy (non-hydrogen) atoms. The average molecular weight is 553 g/mol. The van der Waals surface area contributed by atoms with Crippen LogP contribution in [0.25, 0.3) is 0 Å². The van der Waals surface area contributed by atoms with Gasteiger partial charge in [0.05, 0.1) is 6.10 Å². The number of allylic oxidation sites excluding steroid dienone is 1. The first kappa shape index (κ1) is 35.3. The summed E-state index contributed by atoms with van der Waals surface area (Å²) in [6, 6.07) is 0. The van der Waals surface area contributed by atoms with Gasteiger partial charge in [-0.2, -0.15) is 8.42 Å². The smallest absolute Gasteiger partial charge is 1.00 e. The van der Waals surface area contributed by atoms with Crippen molar-refractivity contribution >= 4 is 16.7 Å². The fourth-order valence-corrected chi connectivity index (χ4v) is 8.67. The van der Waals surface area contributed by atoms with Gasteiger partial charge < -0.3 is 11.3 Å². The predicted molar refractivity (Wildman–Crippen MR) is 146 cm³/mol. The number of carbonyl (C=O) groups excluding carboxylic acids is 1. The van der Waals surface area contributed by atoms with Crippen LogP contribution in [0.3, 0.4) is 0 Å². The first-order valence-electron chi connectivity index (χ1n) is 14.1. The van der Waals surface area contributed by atoms with Crippen LogP contribution >= 0.6 is 0 Å². The predicted octanol–water partition coefficient (Wildman–Crippen LogP) is 4.06. The van der Waals surface area contributed by atoms with Gasteiger partial charge >= 0.3 is 40.0 Å². The largest absolute Gasteiger partial charge is 1.00 e. The average Bonchev–Trinajstić information content (AvgIpc) is 3.10. The van der Waals surface area contributed by atoms with E-state index in [0.717, 1.165) is 54.6 Å². The van der Waals surface area contributed by atoms with Crippen molar-refractivity contribution in [3.8, 4) is 0 Å². The second-order valence-electron chi connectivity index (χ2n) is 12.9. The van der Waals surface area contributed by atoms with Gasteiger partial charge in [-0.05, 0) is 105 Å². The molecule has 0 radical (unpaired) electrons. The Morgan fingerprint density at radius 3 is 2.22 bits per heavy atom. The summed E-state index contributed by atoms with van der Waals surface area (Å²) < 4.78 is 31.6. The Morgan fingerprint density at radius 1 is 1.05 bits per heavy atom. The van der Waals surface area contributed by atoms with Crippen molar-refractivity contribution < 1.29 is 58.4 Å². The van der Waals surface area contributed by atoms with Crippen LogP contribution in [0.15, 0.2) is 11.6 Å². The molecule has 3 saturated carbocycles. The van der Waals surface area contributed by atoms with Crippen LogP contribution in [-0.4, -0.2) is 35.0 Å². The van der Waals surface area contributed by atoms with Crippen molar-refractivity contribution in [3.63, 3.8) is 0 Å². The molecule has 0 saturated heterocycles. The summed E-state index contributed by atoms with van der Waals surface area (Å²) in [4.78, 5) is 8.81. The first-order chi connectivity index (χ1) is 16.7. The van der Waals surface area contributed by atoms with Gasteiger partial charge in [0.25, 0.3) is 0 Å². The van der Waals surface area contributed by atoms with E-state index in [0.29, 0.717) is 10.8 Å². The van der Waals surface area contributed by atoms with Gasteiger partial charge in [0.15, 0.2) is 0 Å². The third kappa shape index (κ3) is 9.12. The topological polar surface area (TPSA) is 112 Å². The van der Waals surface area contributed by atoms with E-state index in [-0.39, 0.29) is 37.1 Å². The van der Waals surface area contributed by atoms with Crippen molar-refractivity contribution in [2.45, 2.75) is 118 Å². The van der Waals surface area contributed by atoms with Gasteiger partial charge in [0.1, 0.15) is 6.29 Å². The zero-order chi connectivity index (χ0) is 27.3. The van der Waals surface area contributed by atoms with Crippen LogP contribution in [0.2, 0.25) is 0 Å². The molecule has 6 nitrogen and oxygen atoms in total. The van der Waals surface area contributed by atoms with Crippen molar-refractivity contribution in [1.82, 2.24) is 0 Å². The number of aldehydes is 1. The molecule has 3 N–H and O–H groups in total. The molecule has 4 aliphatic carbocycles. The van der Waals surface area contributed by atoms with Gasteiger partial charge in [-0.25, -0.2) is 0 Å². The third-order valence-electron chi connectivity index (χ3n) is 10.3. The fourth-order valence-electron chi connectivity index (χ4n) is 8.67. The zero-order valence-corrected chi connectivity index (χ0v) is 27.3. The Kier molecular flexibility index (Phi) is 14.1. The molecular weight excluding hydrogens is 499 g/mol. The Morgan fingerprint density at radius 2 is 1.65 bits per heavy atom. The molecule has 4 aliphatic rings. The summed E-state index contributed by atoms with van der Waals surface area (Å²) in [5.74, 6) is 5.46. The van der Waals surface area contributed by atoms with E-state index in [2.05, 4.69) is 40.7 Å². The monoisotopic (exact) mass is 552 g/mol. The molecule has 0 spiro atoms. The number of fused-ring (bicyclic) bond motifs is 5. The van der Waals surface area contributed by atoms with Crippen molar-refractivity contribution in [3.05, 3.63) is 11.6 Å². The molecule has 0 aromatic heterocycles. The molecule has 4 rings (SSSR count). The molecule has 0 heterocycles. The molecular formula is C29H53NaO6S. The normalized spacial score (nSPS) is 37.1. The maximum absolute atomic E-state index is 10.2. The molecule has 8 atom stereocenters. The molecule has 3 fully saturated rings. The quantitative estimate of drug-likeness (QED) is 0.205. The minimum absolute atomic E-state index is 0. The minimum atomic E-state index is -4.67. The van der Waals surface area contributed by atoms with Gasteiger partial charge in [-0.15, -0.1) is 0 Å². The van der Waals surface area contributed by atoms with Crippen LogP contribution in [-0.2, 0) is 15.2 Å².